The Labute approximate surface area is 654 Å². The Balaban J connectivity index is 1.27. The van der Waals surface area contributed by atoms with Crippen LogP contribution in [0.15, 0.2) is 97.1 Å². The molecule has 0 fully saturated rings. The zero-order valence-electron chi connectivity index (χ0n) is 68.2. The van der Waals surface area contributed by atoms with Crippen molar-refractivity contribution in [1.82, 2.24) is 9.80 Å². The van der Waals surface area contributed by atoms with Crippen molar-refractivity contribution in [2.24, 2.45) is 11.8 Å². The molecular formula is C96H122N2O12. The fourth-order valence-corrected chi connectivity index (χ4v) is 18.1. The fraction of sp³-hybridized carbons (Fsp3) is 0.500. The third-order valence-corrected chi connectivity index (χ3v) is 23.8. The van der Waals surface area contributed by atoms with Gasteiger partial charge < -0.3 is 37.9 Å². The summed E-state index contributed by atoms with van der Waals surface area (Å²) in [4.78, 5) is 71.5. The van der Waals surface area contributed by atoms with Gasteiger partial charge >= 0.3 is 0 Å². The number of ether oxygens (including phenoxy) is 8. The van der Waals surface area contributed by atoms with Crippen molar-refractivity contribution < 1.29 is 57.1 Å². The standard InChI is InChI=1S/C96H122N2O12/c1-13-17-21-25-29-31-35-39-47-63(45-37-33-27-23-19-15-3)61-97-93(99)87-69(83-73(103-5)49-41-50-74(83)104-6)57-65-67-59-71(85-77(107-9)53-43-54-78(85)108-10)89-92-82(67)68(66-58-70(88(94(97)100)91(87)81(65)66)84-75(105-7)51-42-52-76(84)106-8)60-72(86-79(109-11)55-44-56-80(86)110-12)90(92)96(102)98(95(89)101)62-64(46-38-34-28-24-20-16-4)48-40-36-32-30-26-22-18-14-2/h41-44,49-60,63-64H,13-40,45-48,61-62H2,1-12H3/t63-,64+. The summed E-state index contributed by atoms with van der Waals surface area (Å²) >= 11 is 0. The van der Waals surface area contributed by atoms with Crippen LogP contribution in [-0.4, -0.2) is 103 Å². The second-order valence-corrected chi connectivity index (χ2v) is 30.9. The second-order valence-electron chi connectivity index (χ2n) is 30.9. The average molecular weight is 1500 g/mol. The van der Waals surface area contributed by atoms with E-state index in [9.17, 15) is 0 Å². The van der Waals surface area contributed by atoms with Crippen LogP contribution < -0.4 is 37.9 Å². The zero-order chi connectivity index (χ0) is 77.8. The number of nitrogens with zero attached hydrogens (tertiary/aromatic N) is 2. The fourth-order valence-electron chi connectivity index (χ4n) is 18.1. The number of hydrogen-bond acceptors (Lipinski definition) is 12. The molecule has 0 unspecified atom stereocenters. The first-order chi connectivity index (χ1) is 53.9. The Morgan fingerprint density at radius 2 is 0.427 bits per heavy atom. The van der Waals surface area contributed by atoms with Gasteiger partial charge in [-0.1, -0.05) is 232 Å². The molecule has 14 heteroatoms. The van der Waals surface area contributed by atoms with Crippen LogP contribution in [0.1, 0.15) is 275 Å². The lowest BCUT2D eigenvalue weighted by Gasteiger charge is -2.36. The van der Waals surface area contributed by atoms with E-state index in [4.69, 9.17) is 37.9 Å². The summed E-state index contributed by atoms with van der Waals surface area (Å²) in [6, 6.07) is 30.7. The topological polar surface area (TPSA) is 149 Å². The molecular weight excluding hydrogens is 1370 g/mol. The number of imide groups is 2. The van der Waals surface area contributed by atoms with Gasteiger partial charge in [0.1, 0.15) is 46.0 Å². The molecule has 9 aromatic rings. The summed E-state index contributed by atoms with van der Waals surface area (Å²) in [6.45, 7) is 9.40. The van der Waals surface area contributed by atoms with Gasteiger partial charge in [-0.05, 0) is 143 Å². The van der Waals surface area contributed by atoms with E-state index in [2.05, 4.69) is 52.0 Å². The number of amides is 4. The first kappa shape index (κ1) is 81.9. The van der Waals surface area contributed by atoms with Crippen molar-refractivity contribution >= 4 is 66.7 Å². The number of unbranched alkanes of at least 4 members (excludes halogenated alkanes) is 24. The van der Waals surface area contributed by atoms with Crippen LogP contribution >= 0.6 is 0 Å². The van der Waals surface area contributed by atoms with Gasteiger partial charge in [-0.2, -0.15) is 0 Å². The monoisotopic (exact) mass is 1490 g/mol. The van der Waals surface area contributed by atoms with Crippen LogP contribution in [0.2, 0.25) is 0 Å². The number of carbonyl (C=O) groups is 4. The number of benzene rings is 9. The molecule has 2 heterocycles. The third kappa shape index (κ3) is 17.2. The van der Waals surface area contributed by atoms with Gasteiger partial charge in [0.25, 0.3) is 23.6 Å². The Kier molecular flexibility index (Phi) is 29.6. The van der Waals surface area contributed by atoms with E-state index in [0.29, 0.717) is 156 Å². The zero-order valence-corrected chi connectivity index (χ0v) is 68.2. The summed E-state index contributed by atoms with van der Waals surface area (Å²) in [5.74, 6) is 1.86. The molecule has 588 valence electrons. The Morgan fingerprint density at radius 3 is 0.609 bits per heavy atom. The van der Waals surface area contributed by atoms with E-state index in [-0.39, 0.29) is 24.9 Å². The highest BCUT2D eigenvalue weighted by atomic mass is 16.5. The number of rotatable bonds is 48. The largest absolute Gasteiger partial charge is 0.496 e. The Bertz CT molecular complexity index is 4030. The normalized spacial score (nSPS) is 13.4. The summed E-state index contributed by atoms with van der Waals surface area (Å²) < 4.78 is 51.1. The van der Waals surface area contributed by atoms with Gasteiger partial charge in [-0.3, -0.25) is 29.0 Å². The highest BCUT2D eigenvalue weighted by Crippen LogP contribution is 2.58. The minimum Gasteiger partial charge on any atom is -0.496 e. The molecule has 2 atom stereocenters. The lowest BCUT2D eigenvalue weighted by Crippen LogP contribution is -2.44. The smallest absolute Gasteiger partial charge is 0.262 e. The van der Waals surface area contributed by atoms with Crippen LogP contribution in [0.5, 0.6) is 46.0 Å². The maximum Gasteiger partial charge on any atom is 0.262 e. The quantitative estimate of drug-likeness (QED) is 0.0155. The van der Waals surface area contributed by atoms with Crippen molar-refractivity contribution in [1.29, 1.82) is 0 Å². The van der Waals surface area contributed by atoms with Crippen molar-refractivity contribution in [3.63, 3.8) is 0 Å². The van der Waals surface area contributed by atoms with E-state index in [1.165, 1.54) is 89.9 Å². The molecule has 0 N–H and O–H groups in total. The maximum atomic E-state index is 17.1. The lowest BCUT2D eigenvalue weighted by molar-refractivity contribution is 0.0563. The van der Waals surface area contributed by atoms with E-state index >= 15 is 19.2 Å². The van der Waals surface area contributed by atoms with Gasteiger partial charge in [0.2, 0.25) is 0 Å². The predicted octanol–water partition coefficient (Wildman–Crippen LogP) is 25.5. The van der Waals surface area contributed by atoms with Gasteiger partial charge in [0.05, 0.1) is 101 Å². The average Bonchev–Trinajstić information content (AvgIpc) is 0.670. The highest BCUT2D eigenvalue weighted by molar-refractivity contribution is 6.45. The first-order valence-electron chi connectivity index (χ1n) is 41.8. The van der Waals surface area contributed by atoms with E-state index in [1.54, 1.807) is 66.7 Å². The lowest BCUT2D eigenvalue weighted by atomic mass is 9.75. The van der Waals surface area contributed by atoms with Gasteiger partial charge in [0, 0.05) is 46.1 Å². The van der Waals surface area contributed by atoms with Crippen LogP contribution in [0.25, 0.3) is 87.6 Å². The molecule has 11 rings (SSSR count). The molecule has 0 bridgehead atoms. The minimum absolute atomic E-state index is 0.0156. The first-order valence-corrected chi connectivity index (χ1v) is 41.8. The SMILES string of the molecule is CCCCCCCCCC[C@@H](CCCCCCCC)CN1C(=O)c2c(-c3c(OC)cccc3OC)cc3c4cc(-c5c(OC)cccc5OC)c5c6c(c(-c7c(OC)cccc7OC)cc(c7cc(-c8c(OC)cccc8OC)c(c2c37)C1=O)c64)C(=O)N(C[C@@H](CCCCCCCC)CCCCCCCCCC)C5=O. The van der Waals surface area contributed by atoms with Crippen molar-refractivity contribution in [3.05, 3.63) is 119 Å². The summed E-state index contributed by atoms with van der Waals surface area (Å²) in [6.07, 6.45) is 35.7. The number of carbonyl (C=O) groups excluding carboxylic acids is 4. The highest BCUT2D eigenvalue weighted by Gasteiger charge is 2.45. The number of hydrogen-bond donors (Lipinski definition) is 0. The molecule has 0 saturated heterocycles. The van der Waals surface area contributed by atoms with Gasteiger partial charge in [-0.25, -0.2) is 0 Å². The molecule has 9 aromatic carbocycles. The maximum absolute atomic E-state index is 17.1. The van der Waals surface area contributed by atoms with Gasteiger partial charge in [0.15, 0.2) is 0 Å². The molecule has 2 aliphatic heterocycles. The molecule has 0 radical (unpaired) electrons. The molecule has 110 heavy (non-hydrogen) atoms. The van der Waals surface area contributed by atoms with Crippen LogP contribution in [0, 0.1) is 11.8 Å². The van der Waals surface area contributed by atoms with E-state index < -0.39 is 23.6 Å². The summed E-state index contributed by atoms with van der Waals surface area (Å²) in [5.41, 5.74) is 5.16. The minimum atomic E-state index is -0.431. The van der Waals surface area contributed by atoms with Gasteiger partial charge in [-0.15, -0.1) is 0 Å². The molecule has 0 aliphatic carbocycles. The van der Waals surface area contributed by atoms with Crippen molar-refractivity contribution in [3.8, 4) is 90.5 Å². The molecule has 2 aliphatic rings. The molecule has 14 nitrogen and oxygen atoms in total. The predicted molar refractivity (Wildman–Crippen MR) is 450 cm³/mol. The number of fused-ring (bicyclic) bond motifs is 2. The van der Waals surface area contributed by atoms with Crippen molar-refractivity contribution in [2.45, 2.75) is 233 Å². The van der Waals surface area contributed by atoms with E-state index in [1.807, 2.05) is 72.8 Å². The summed E-state index contributed by atoms with van der Waals surface area (Å²) in [5, 5.41) is 4.64. The van der Waals surface area contributed by atoms with Crippen molar-refractivity contribution in [2.75, 3.05) is 70.0 Å². The van der Waals surface area contributed by atoms with Crippen LogP contribution in [0.4, 0.5) is 0 Å². The molecule has 0 spiro atoms. The third-order valence-electron chi connectivity index (χ3n) is 23.8. The molecule has 4 amide bonds. The van der Waals surface area contributed by atoms with Crippen LogP contribution in [-0.2, 0) is 0 Å². The molecule has 0 aromatic heterocycles. The van der Waals surface area contributed by atoms with E-state index in [0.717, 1.165) is 116 Å². The molecule has 0 saturated carbocycles. The van der Waals surface area contributed by atoms with Crippen LogP contribution in [0.3, 0.4) is 0 Å². The number of methoxy groups -OCH3 is 8. The Morgan fingerprint density at radius 1 is 0.245 bits per heavy atom. The second kappa shape index (κ2) is 39.7. The Hall–Kier alpha value is -9.04. The summed E-state index contributed by atoms with van der Waals surface area (Å²) in [7, 11) is 12.9.